The van der Waals surface area contributed by atoms with Crippen molar-refractivity contribution < 1.29 is 26.3 Å². The molecule has 0 atom stereocenters. The van der Waals surface area contributed by atoms with E-state index in [-0.39, 0.29) is 19.6 Å². The van der Waals surface area contributed by atoms with Crippen LogP contribution in [-0.4, -0.2) is 16.8 Å². The minimum Gasteiger partial charge on any atom is -0.457 e. The van der Waals surface area contributed by atoms with Crippen LogP contribution in [-0.2, 0) is 26.1 Å². The summed E-state index contributed by atoms with van der Waals surface area (Å²) in [6, 6.07) is 41.7. The minimum absolute atomic E-state index is 0.204. The summed E-state index contributed by atoms with van der Waals surface area (Å²) in [5, 5.41) is 0. The van der Waals surface area contributed by atoms with E-state index in [1.165, 1.54) is 0 Å². The summed E-state index contributed by atoms with van der Waals surface area (Å²) >= 11 is 0. The zero-order valence-corrected chi connectivity index (χ0v) is 27.5. The van der Waals surface area contributed by atoms with Crippen molar-refractivity contribution in [1.82, 2.24) is 0 Å². The molecule has 0 saturated heterocycles. The Bertz CT molecular complexity index is 2190. The summed E-state index contributed by atoms with van der Waals surface area (Å²) in [5.74, 6) is 2.29. The van der Waals surface area contributed by atoms with Gasteiger partial charge < -0.3 is 9.47 Å². The van der Waals surface area contributed by atoms with Crippen molar-refractivity contribution in [3.63, 3.8) is 0 Å². The van der Waals surface area contributed by atoms with E-state index in [1.807, 2.05) is 74.5 Å². The molecule has 0 aliphatic carbocycles. The van der Waals surface area contributed by atoms with Crippen molar-refractivity contribution in [2.75, 3.05) is 0 Å². The zero-order valence-electron chi connectivity index (χ0n) is 25.8. The molecule has 0 amide bonds. The predicted molar refractivity (Wildman–Crippen MR) is 183 cm³/mol. The Morgan fingerprint density at radius 3 is 1.00 bits per heavy atom. The smallest absolute Gasteiger partial charge is 0.206 e. The lowest BCUT2D eigenvalue weighted by atomic mass is 10.1. The number of aryl methyl sites for hydroxylation is 2. The molecule has 236 valence electrons. The summed E-state index contributed by atoms with van der Waals surface area (Å²) in [4.78, 5) is 0.928. The molecule has 0 fully saturated rings. The Hall–Kier alpha value is -5.18. The van der Waals surface area contributed by atoms with Crippen LogP contribution in [0, 0.1) is 6.92 Å². The highest BCUT2D eigenvalue weighted by Gasteiger charge is 2.19. The maximum atomic E-state index is 13.0. The Kier molecular flexibility index (Phi) is 8.98. The molecule has 0 bridgehead atoms. The van der Waals surface area contributed by atoms with Gasteiger partial charge in [-0.1, -0.05) is 61.0 Å². The van der Waals surface area contributed by atoms with Crippen LogP contribution in [0.5, 0.6) is 23.0 Å². The van der Waals surface area contributed by atoms with Crippen molar-refractivity contribution in [1.29, 1.82) is 0 Å². The quantitative estimate of drug-likeness (QED) is 0.146. The van der Waals surface area contributed by atoms with E-state index in [4.69, 9.17) is 9.47 Å². The normalized spacial score (nSPS) is 11.6. The van der Waals surface area contributed by atoms with Crippen molar-refractivity contribution in [3.05, 3.63) is 157 Å². The van der Waals surface area contributed by atoms with Gasteiger partial charge in [0, 0.05) is 0 Å². The monoisotopic (exact) mass is 660 g/mol. The fourth-order valence-electron chi connectivity index (χ4n) is 4.97. The number of benzene rings is 6. The average Bonchev–Trinajstić information content (AvgIpc) is 3.10. The topological polar surface area (TPSA) is 86.7 Å². The fourth-order valence-corrected chi connectivity index (χ4v) is 7.49. The Morgan fingerprint density at radius 1 is 0.404 bits per heavy atom. The summed E-state index contributed by atoms with van der Waals surface area (Å²) in [6.45, 7) is 3.94. The molecule has 6 aromatic carbocycles. The first-order valence-electron chi connectivity index (χ1n) is 15.0. The van der Waals surface area contributed by atoms with E-state index >= 15 is 0 Å². The lowest BCUT2D eigenvalue weighted by molar-refractivity contribution is 0.481. The van der Waals surface area contributed by atoms with Gasteiger partial charge in [0.2, 0.25) is 19.7 Å². The molecule has 0 heterocycles. The summed E-state index contributed by atoms with van der Waals surface area (Å²) in [6.07, 6.45) is 0.846. The van der Waals surface area contributed by atoms with Gasteiger partial charge in [0.1, 0.15) is 23.0 Å². The molecule has 6 nitrogen and oxygen atoms in total. The Labute approximate surface area is 275 Å². The molecule has 0 aliphatic heterocycles. The first kappa shape index (κ1) is 31.8. The van der Waals surface area contributed by atoms with E-state index in [0.29, 0.717) is 23.0 Å². The number of hydrogen-bond donors (Lipinski definition) is 0. The van der Waals surface area contributed by atoms with Crippen molar-refractivity contribution in [3.8, 4) is 34.1 Å². The number of rotatable bonds is 10. The van der Waals surface area contributed by atoms with Crippen LogP contribution in [0.1, 0.15) is 18.1 Å². The highest BCUT2D eigenvalue weighted by molar-refractivity contribution is 7.91. The third-order valence-corrected chi connectivity index (χ3v) is 11.3. The molecule has 0 spiro atoms. The summed E-state index contributed by atoms with van der Waals surface area (Å²) < 4.78 is 63.8. The standard InChI is InChI=1S/C39H32O6S2/c1-3-29-6-22-37(23-7-29)47(42,43)39-26-18-35(19-27-39)45-33-14-10-31(11-15-33)30-8-12-32(13-9-30)44-34-16-24-38(25-17-34)46(40,41)36-20-4-28(2)5-21-36/h4-27H,3H2,1-2H3. The second kappa shape index (κ2) is 13.3. The van der Waals surface area contributed by atoms with Crippen molar-refractivity contribution in [2.45, 2.75) is 39.9 Å². The number of sulfone groups is 2. The fraction of sp³-hybridized carbons (Fsp3) is 0.0769. The predicted octanol–water partition coefficient (Wildman–Crippen LogP) is 9.47. The van der Waals surface area contributed by atoms with E-state index in [1.54, 1.807) is 84.9 Å². The molecule has 0 radical (unpaired) electrons. The summed E-state index contributed by atoms with van der Waals surface area (Å²) in [7, 11) is -7.22. The van der Waals surface area contributed by atoms with Gasteiger partial charge in [0.15, 0.2) is 0 Å². The molecule has 0 aliphatic rings. The lowest BCUT2D eigenvalue weighted by Crippen LogP contribution is -2.02. The van der Waals surface area contributed by atoms with E-state index in [2.05, 4.69) is 0 Å². The molecule has 6 aromatic rings. The van der Waals surface area contributed by atoms with Gasteiger partial charge in [-0.05, 0) is 127 Å². The van der Waals surface area contributed by atoms with Gasteiger partial charge in [-0.3, -0.25) is 0 Å². The van der Waals surface area contributed by atoms with Crippen molar-refractivity contribution >= 4 is 19.7 Å². The third kappa shape index (κ3) is 7.14. The van der Waals surface area contributed by atoms with Crippen molar-refractivity contribution in [2.24, 2.45) is 0 Å². The molecular formula is C39H32O6S2. The van der Waals surface area contributed by atoms with Crippen LogP contribution in [0.15, 0.2) is 165 Å². The first-order chi connectivity index (χ1) is 22.6. The minimum atomic E-state index is -3.62. The Balaban J connectivity index is 1.07. The van der Waals surface area contributed by atoms with Gasteiger partial charge in [0.25, 0.3) is 0 Å². The maximum absolute atomic E-state index is 13.0. The van der Waals surface area contributed by atoms with Gasteiger partial charge in [-0.2, -0.15) is 0 Å². The number of hydrogen-bond acceptors (Lipinski definition) is 6. The van der Waals surface area contributed by atoms with Crippen LogP contribution in [0.2, 0.25) is 0 Å². The Morgan fingerprint density at radius 2 is 0.681 bits per heavy atom. The van der Waals surface area contributed by atoms with Gasteiger partial charge in [-0.25, -0.2) is 16.8 Å². The van der Waals surface area contributed by atoms with E-state index < -0.39 is 19.7 Å². The van der Waals surface area contributed by atoms with E-state index in [9.17, 15) is 16.8 Å². The van der Waals surface area contributed by atoms with Gasteiger partial charge >= 0.3 is 0 Å². The van der Waals surface area contributed by atoms with Crippen LogP contribution >= 0.6 is 0 Å². The lowest BCUT2D eigenvalue weighted by Gasteiger charge is -2.10. The molecule has 47 heavy (non-hydrogen) atoms. The molecule has 6 rings (SSSR count). The summed E-state index contributed by atoms with van der Waals surface area (Å²) in [5.41, 5.74) is 4.03. The SMILES string of the molecule is CCc1ccc(S(=O)(=O)c2ccc(Oc3ccc(-c4ccc(Oc5ccc(S(=O)(=O)c6ccc(C)cc6)cc5)cc4)cc3)cc2)cc1. The van der Waals surface area contributed by atoms with E-state index in [0.717, 1.165) is 28.7 Å². The van der Waals surface area contributed by atoms with Crippen LogP contribution in [0.4, 0.5) is 0 Å². The van der Waals surface area contributed by atoms with Gasteiger partial charge in [-0.15, -0.1) is 0 Å². The molecule has 0 aromatic heterocycles. The molecular weight excluding hydrogens is 629 g/mol. The highest BCUT2D eigenvalue weighted by Crippen LogP contribution is 2.31. The first-order valence-corrected chi connectivity index (χ1v) is 18.0. The second-order valence-electron chi connectivity index (χ2n) is 11.0. The highest BCUT2D eigenvalue weighted by atomic mass is 32.2. The largest absolute Gasteiger partial charge is 0.457 e. The second-order valence-corrected chi connectivity index (χ2v) is 14.9. The van der Waals surface area contributed by atoms with Crippen LogP contribution in [0.25, 0.3) is 11.1 Å². The number of ether oxygens (including phenoxy) is 2. The molecule has 0 saturated carbocycles. The zero-order chi connectivity index (χ0) is 33.0. The maximum Gasteiger partial charge on any atom is 0.206 e. The average molecular weight is 661 g/mol. The van der Waals surface area contributed by atoms with Crippen LogP contribution in [0.3, 0.4) is 0 Å². The van der Waals surface area contributed by atoms with Gasteiger partial charge in [0.05, 0.1) is 19.6 Å². The molecule has 0 N–H and O–H groups in total. The third-order valence-electron chi connectivity index (χ3n) is 7.75. The molecule has 8 heteroatoms. The van der Waals surface area contributed by atoms with Crippen LogP contribution < -0.4 is 9.47 Å². The molecule has 0 unspecified atom stereocenters.